The summed E-state index contributed by atoms with van der Waals surface area (Å²) in [7, 11) is 2.01. The highest BCUT2D eigenvalue weighted by molar-refractivity contribution is 6.16. The van der Waals surface area contributed by atoms with E-state index in [1.807, 2.05) is 13.8 Å². The Morgan fingerprint density at radius 3 is 2.62 bits per heavy atom. The molecule has 1 nitrogen and oxygen atoms in total. The van der Waals surface area contributed by atoms with Gasteiger partial charge in [-0.15, -0.1) is 5.98 Å². The molecule has 46 valence electrons. The molecule has 0 fully saturated rings. The van der Waals surface area contributed by atoms with E-state index in [1.54, 1.807) is 0 Å². The molecule has 1 N–H and O–H groups in total. The van der Waals surface area contributed by atoms with E-state index in [2.05, 4.69) is 6.08 Å². The lowest BCUT2D eigenvalue weighted by Gasteiger charge is -1.88. The van der Waals surface area contributed by atoms with E-state index < -0.39 is 0 Å². The summed E-state index contributed by atoms with van der Waals surface area (Å²) >= 11 is 0. The van der Waals surface area contributed by atoms with Crippen LogP contribution in [0, 0.1) is 0 Å². The van der Waals surface area contributed by atoms with Crippen molar-refractivity contribution in [2.75, 3.05) is 6.61 Å². The Labute approximate surface area is 51.8 Å². The monoisotopic (exact) mass is 112 g/mol. The average molecular weight is 112 g/mol. The van der Waals surface area contributed by atoms with Crippen molar-refractivity contribution in [2.45, 2.75) is 19.3 Å². The van der Waals surface area contributed by atoms with Crippen LogP contribution in [-0.2, 0) is 0 Å². The van der Waals surface area contributed by atoms with Gasteiger partial charge in [-0.05, 0) is 19.3 Å². The van der Waals surface area contributed by atoms with Gasteiger partial charge in [-0.1, -0.05) is 6.08 Å². The molecule has 2 heteroatoms. The van der Waals surface area contributed by atoms with Gasteiger partial charge in [0.2, 0.25) is 0 Å². The van der Waals surface area contributed by atoms with Crippen molar-refractivity contribution in [2.24, 2.45) is 0 Å². The fourth-order valence-corrected chi connectivity index (χ4v) is 0.541. The van der Waals surface area contributed by atoms with Crippen molar-refractivity contribution in [1.82, 2.24) is 0 Å². The van der Waals surface area contributed by atoms with Crippen LogP contribution < -0.4 is 0 Å². The van der Waals surface area contributed by atoms with Gasteiger partial charge in [-0.25, -0.2) is 0 Å². The molecular weight excluding hydrogens is 98.9 g/mol. The second kappa shape index (κ2) is 6.76. The Kier molecular flexibility index (Phi) is 6.57. The molecule has 0 aromatic heterocycles. The maximum Gasteiger partial charge on any atom is 0.129 e. The Hall–Kier alpha value is -0.235. The predicted octanol–water partition coefficient (Wildman–Crippen LogP) is 0.296. The van der Waals surface area contributed by atoms with Crippen molar-refractivity contribution >= 4 is 7.85 Å². The van der Waals surface area contributed by atoms with E-state index in [4.69, 9.17) is 5.11 Å². The van der Waals surface area contributed by atoms with Gasteiger partial charge < -0.3 is 5.11 Å². The Bertz CT molecular complexity index is 61.5. The van der Waals surface area contributed by atoms with Gasteiger partial charge in [0.15, 0.2) is 0 Å². The van der Waals surface area contributed by atoms with Crippen molar-refractivity contribution in [3.05, 3.63) is 12.1 Å². The first kappa shape index (κ1) is 7.76. The van der Waals surface area contributed by atoms with Crippen molar-refractivity contribution < 1.29 is 5.11 Å². The minimum atomic E-state index is 0.331. The van der Waals surface area contributed by atoms with E-state index in [9.17, 15) is 0 Å². The summed E-state index contributed by atoms with van der Waals surface area (Å²) in [4.78, 5) is 0. The first-order chi connectivity index (χ1) is 3.91. The molecule has 0 saturated carbocycles. The van der Waals surface area contributed by atoms with Crippen LogP contribution in [0.3, 0.4) is 0 Å². The second-order valence-electron chi connectivity index (χ2n) is 1.79. The standard InChI is InChI=1S/C6H13BO/c7-5-3-1-2-4-6-8/h3,5,8H,1-2,4,6-7H2. The number of allylic oxidation sites excluding steroid dienone is 1. The summed E-state index contributed by atoms with van der Waals surface area (Å²) in [5.41, 5.74) is 0. The first-order valence-electron chi connectivity index (χ1n) is 3.14. The highest BCUT2D eigenvalue weighted by Gasteiger charge is 1.79. The predicted molar refractivity (Wildman–Crippen MR) is 38.6 cm³/mol. The maximum atomic E-state index is 8.34. The molecule has 0 aliphatic carbocycles. The minimum absolute atomic E-state index is 0.331. The lowest BCUT2D eigenvalue weighted by molar-refractivity contribution is 0.285. The van der Waals surface area contributed by atoms with Crippen LogP contribution >= 0.6 is 0 Å². The van der Waals surface area contributed by atoms with Gasteiger partial charge >= 0.3 is 0 Å². The molecule has 0 amide bonds. The van der Waals surface area contributed by atoms with Gasteiger partial charge in [0, 0.05) is 6.61 Å². The average Bonchev–Trinajstić information content (AvgIpc) is 1.81. The van der Waals surface area contributed by atoms with Crippen molar-refractivity contribution in [1.29, 1.82) is 0 Å². The van der Waals surface area contributed by atoms with Gasteiger partial charge in [0.25, 0.3) is 0 Å². The molecule has 0 rings (SSSR count). The summed E-state index contributed by atoms with van der Waals surface area (Å²) in [5, 5.41) is 8.34. The van der Waals surface area contributed by atoms with Gasteiger partial charge in [-0.2, -0.15) is 0 Å². The number of unbranched alkanes of at least 4 members (excludes halogenated alkanes) is 2. The van der Waals surface area contributed by atoms with Crippen LogP contribution in [-0.4, -0.2) is 19.6 Å². The number of hydrogen-bond acceptors (Lipinski definition) is 1. The molecule has 0 unspecified atom stereocenters. The fraction of sp³-hybridized carbons (Fsp3) is 0.667. The molecule has 0 atom stereocenters. The highest BCUT2D eigenvalue weighted by atomic mass is 16.2. The fourth-order valence-electron chi connectivity index (χ4n) is 0.541. The van der Waals surface area contributed by atoms with E-state index in [0.717, 1.165) is 19.3 Å². The zero-order chi connectivity index (χ0) is 6.24. The SMILES string of the molecule is BC=CCCCCO. The van der Waals surface area contributed by atoms with Crippen molar-refractivity contribution in [3.63, 3.8) is 0 Å². The second-order valence-corrected chi connectivity index (χ2v) is 1.79. The summed E-state index contributed by atoms with van der Waals surface area (Å²) in [6, 6.07) is 0. The van der Waals surface area contributed by atoms with Gasteiger partial charge in [-0.3, -0.25) is 0 Å². The first-order valence-corrected chi connectivity index (χ1v) is 3.14. The van der Waals surface area contributed by atoms with Gasteiger partial charge in [0.1, 0.15) is 7.85 Å². The summed E-state index contributed by atoms with van der Waals surface area (Å²) in [6.07, 6.45) is 5.28. The Morgan fingerprint density at radius 2 is 2.12 bits per heavy atom. The van der Waals surface area contributed by atoms with E-state index in [1.165, 1.54) is 0 Å². The largest absolute Gasteiger partial charge is 0.396 e. The Balaban J connectivity index is 2.72. The zero-order valence-corrected chi connectivity index (χ0v) is 5.43. The van der Waals surface area contributed by atoms with Crippen LogP contribution in [0.25, 0.3) is 0 Å². The molecule has 0 aliphatic rings. The van der Waals surface area contributed by atoms with Crippen LogP contribution in [0.1, 0.15) is 19.3 Å². The minimum Gasteiger partial charge on any atom is -0.396 e. The van der Waals surface area contributed by atoms with Crippen molar-refractivity contribution in [3.8, 4) is 0 Å². The Morgan fingerprint density at radius 1 is 1.38 bits per heavy atom. The molecular formula is C6H13BO. The van der Waals surface area contributed by atoms with Crippen LogP contribution in [0.4, 0.5) is 0 Å². The van der Waals surface area contributed by atoms with E-state index in [0.29, 0.717) is 6.61 Å². The van der Waals surface area contributed by atoms with Crippen LogP contribution in [0.15, 0.2) is 12.1 Å². The number of aliphatic hydroxyl groups is 1. The maximum absolute atomic E-state index is 8.34. The van der Waals surface area contributed by atoms with Crippen LogP contribution in [0.2, 0.25) is 0 Å². The van der Waals surface area contributed by atoms with E-state index in [-0.39, 0.29) is 0 Å². The smallest absolute Gasteiger partial charge is 0.129 e. The summed E-state index contributed by atoms with van der Waals surface area (Å²) < 4.78 is 0. The third kappa shape index (κ3) is 5.76. The van der Waals surface area contributed by atoms with E-state index >= 15 is 0 Å². The highest BCUT2D eigenvalue weighted by Crippen LogP contribution is 1.93. The van der Waals surface area contributed by atoms with Crippen LogP contribution in [0.5, 0.6) is 0 Å². The molecule has 0 aliphatic heterocycles. The molecule has 0 saturated heterocycles. The van der Waals surface area contributed by atoms with Gasteiger partial charge in [0.05, 0.1) is 0 Å². The normalized spacial score (nSPS) is 10.6. The number of rotatable bonds is 4. The molecule has 0 radical (unpaired) electrons. The third-order valence-electron chi connectivity index (χ3n) is 1.01. The zero-order valence-electron chi connectivity index (χ0n) is 5.43. The molecule has 8 heavy (non-hydrogen) atoms. The molecule has 0 aromatic carbocycles. The molecule has 0 heterocycles. The molecule has 0 aromatic rings. The molecule has 0 bridgehead atoms. The quantitative estimate of drug-likeness (QED) is 0.409. The number of aliphatic hydroxyl groups excluding tert-OH is 1. The third-order valence-corrected chi connectivity index (χ3v) is 1.01. The topological polar surface area (TPSA) is 20.2 Å². The summed E-state index contributed by atoms with van der Waals surface area (Å²) in [5.74, 6) is 2.04. The lowest BCUT2D eigenvalue weighted by atomic mass is 10.1. The summed E-state index contributed by atoms with van der Waals surface area (Å²) in [6.45, 7) is 0.331. The lowest BCUT2D eigenvalue weighted by Crippen LogP contribution is -1.79. The number of hydrogen-bond donors (Lipinski definition) is 1. The molecule has 0 spiro atoms.